The fourth-order valence-electron chi connectivity index (χ4n) is 5.57. The molecular weight excluding hydrogens is 456 g/mol. The van der Waals surface area contributed by atoms with Crippen LogP contribution in [0.4, 0.5) is 0 Å². The zero-order valence-electron chi connectivity index (χ0n) is 19.3. The molecule has 3 aromatic heterocycles. The van der Waals surface area contributed by atoms with Crippen LogP contribution in [-0.4, -0.2) is 9.55 Å². The Morgan fingerprint density at radius 2 is 1.42 bits per heavy atom. The number of nitrogens with zero attached hydrogens (tertiary/aromatic N) is 2. The van der Waals surface area contributed by atoms with E-state index in [4.69, 9.17) is 4.98 Å². The number of pyridine rings is 1. The maximum atomic E-state index is 4.70. The van der Waals surface area contributed by atoms with Gasteiger partial charge in [0.2, 0.25) is 0 Å². The quantitative estimate of drug-likeness (QED) is 0.243. The number of para-hydroxylation sites is 2. The lowest BCUT2D eigenvalue weighted by molar-refractivity contribution is 1.18. The van der Waals surface area contributed by atoms with Crippen LogP contribution in [0.2, 0.25) is 0 Å². The van der Waals surface area contributed by atoms with E-state index in [9.17, 15) is 0 Å². The molecular formula is C33H20N2S. The fourth-order valence-corrected chi connectivity index (χ4v) is 6.83. The average molecular weight is 477 g/mol. The Morgan fingerprint density at radius 1 is 0.583 bits per heavy atom. The Morgan fingerprint density at radius 3 is 2.39 bits per heavy atom. The van der Waals surface area contributed by atoms with E-state index in [1.807, 2.05) is 23.6 Å². The van der Waals surface area contributed by atoms with Gasteiger partial charge in [0.15, 0.2) is 0 Å². The van der Waals surface area contributed by atoms with Crippen molar-refractivity contribution in [1.29, 1.82) is 0 Å². The van der Waals surface area contributed by atoms with E-state index in [1.165, 1.54) is 47.5 Å². The summed E-state index contributed by atoms with van der Waals surface area (Å²) in [6, 6.07) is 41.4. The van der Waals surface area contributed by atoms with E-state index in [0.717, 1.165) is 22.2 Å². The first-order valence-corrected chi connectivity index (χ1v) is 13.0. The average Bonchev–Trinajstić information content (AvgIpc) is 3.48. The van der Waals surface area contributed by atoms with Crippen molar-refractivity contribution in [1.82, 2.24) is 9.55 Å². The zero-order valence-corrected chi connectivity index (χ0v) is 20.2. The molecule has 0 bridgehead atoms. The van der Waals surface area contributed by atoms with E-state index in [2.05, 4.69) is 114 Å². The van der Waals surface area contributed by atoms with Crippen LogP contribution in [0.3, 0.4) is 0 Å². The number of hydrogen-bond acceptors (Lipinski definition) is 2. The van der Waals surface area contributed by atoms with Gasteiger partial charge in [-0.05, 0) is 48.0 Å². The van der Waals surface area contributed by atoms with E-state index in [0.29, 0.717) is 0 Å². The van der Waals surface area contributed by atoms with Gasteiger partial charge in [-0.3, -0.25) is 4.98 Å². The number of benzene rings is 5. The maximum Gasteiger partial charge on any atom is 0.0702 e. The Bertz CT molecular complexity index is 2110. The molecule has 5 aromatic carbocycles. The monoisotopic (exact) mass is 476 g/mol. The molecule has 0 aliphatic carbocycles. The molecule has 0 saturated heterocycles. The number of hydrogen-bond donors (Lipinski definition) is 0. The van der Waals surface area contributed by atoms with Crippen LogP contribution in [-0.2, 0) is 0 Å². The molecule has 8 aromatic rings. The second-order valence-electron chi connectivity index (χ2n) is 9.25. The highest BCUT2D eigenvalue weighted by molar-refractivity contribution is 7.26. The lowest BCUT2D eigenvalue weighted by Crippen LogP contribution is -1.94. The summed E-state index contributed by atoms with van der Waals surface area (Å²) in [4.78, 5) is 4.70. The summed E-state index contributed by atoms with van der Waals surface area (Å²) in [7, 11) is 0. The minimum absolute atomic E-state index is 1.02. The summed E-state index contributed by atoms with van der Waals surface area (Å²) in [5.74, 6) is 0. The van der Waals surface area contributed by atoms with Crippen molar-refractivity contribution in [3.05, 3.63) is 121 Å². The van der Waals surface area contributed by atoms with Crippen LogP contribution in [0.25, 0.3) is 69.7 Å². The van der Waals surface area contributed by atoms with Gasteiger partial charge >= 0.3 is 0 Å². The topological polar surface area (TPSA) is 17.8 Å². The molecule has 0 aliphatic rings. The lowest BCUT2D eigenvalue weighted by Gasteiger charge is -2.11. The number of thiophene rings is 1. The summed E-state index contributed by atoms with van der Waals surface area (Å²) in [6.45, 7) is 0. The Hall–Kier alpha value is -4.47. The van der Waals surface area contributed by atoms with Crippen LogP contribution >= 0.6 is 11.3 Å². The summed E-state index contributed by atoms with van der Waals surface area (Å²) < 4.78 is 5.10. The van der Waals surface area contributed by atoms with Gasteiger partial charge in [0.05, 0.1) is 16.6 Å². The molecule has 0 amide bonds. The van der Waals surface area contributed by atoms with Crippen molar-refractivity contribution in [2.24, 2.45) is 0 Å². The molecule has 8 rings (SSSR count). The van der Waals surface area contributed by atoms with Crippen LogP contribution in [0.15, 0.2) is 121 Å². The summed E-state index contributed by atoms with van der Waals surface area (Å²) in [5, 5.41) is 6.46. The van der Waals surface area contributed by atoms with E-state index in [1.54, 1.807) is 0 Å². The standard InChI is InChI=1S/C33H20N2S/c1-4-13-28-22(8-1)18-23(20-34-28)21-9-7-10-24(19-21)35-29-14-5-2-12-27(29)32-30(35)17-16-26-25-11-3-6-15-31(25)36-33(26)32/h1-20H. The van der Waals surface area contributed by atoms with Gasteiger partial charge in [0, 0.05) is 53.8 Å². The summed E-state index contributed by atoms with van der Waals surface area (Å²) >= 11 is 1.89. The third kappa shape index (κ3) is 2.81. The van der Waals surface area contributed by atoms with Crippen LogP contribution < -0.4 is 0 Å². The van der Waals surface area contributed by atoms with Gasteiger partial charge in [-0.1, -0.05) is 72.8 Å². The highest BCUT2D eigenvalue weighted by Crippen LogP contribution is 2.43. The minimum Gasteiger partial charge on any atom is -0.309 e. The molecule has 0 unspecified atom stereocenters. The maximum absolute atomic E-state index is 4.70. The predicted molar refractivity (Wildman–Crippen MR) is 154 cm³/mol. The molecule has 36 heavy (non-hydrogen) atoms. The molecule has 0 N–H and O–H groups in total. The van der Waals surface area contributed by atoms with Crippen molar-refractivity contribution in [2.75, 3.05) is 0 Å². The van der Waals surface area contributed by atoms with Gasteiger partial charge in [-0.2, -0.15) is 0 Å². The highest BCUT2D eigenvalue weighted by Gasteiger charge is 2.17. The van der Waals surface area contributed by atoms with Crippen molar-refractivity contribution in [2.45, 2.75) is 0 Å². The first-order chi connectivity index (χ1) is 17.8. The number of fused-ring (bicyclic) bond motifs is 8. The van der Waals surface area contributed by atoms with Gasteiger partial charge < -0.3 is 4.57 Å². The van der Waals surface area contributed by atoms with E-state index >= 15 is 0 Å². The lowest BCUT2D eigenvalue weighted by atomic mass is 10.0. The van der Waals surface area contributed by atoms with Crippen LogP contribution in [0.5, 0.6) is 0 Å². The normalized spacial score (nSPS) is 11.9. The van der Waals surface area contributed by atoms with Gasteiger partial charge in [0.1, 0.15) is 0 Å². The Kier molecular flexibility index (Phi) is 4.13. The third-order valence-electron chi connectivity index (χ3n) is 7.21. The zero-order chi connectivity index (χ0) is 23.6. The molecule has 2 nitrogen and oxygen atoms in total. The highest BCUT2D eigenvalue weighted by atomic mass is 32.1. The molecule has 0 spiro atoms. The Balaban J connectivity index is 1.41. The predicted octanol–water partition coefficient (Wildman–Crippen LogP) is 9.37. The second kappa shape index (κ2) is 7.51. The molecule has 0 radical (unpaired) electrons. The van der Waals surface area contributed by atoms with E-state index < -0.39 is 0 Å². The third-order valence-corrected chi connectivity index (χ3v) is 8.41. The second-order valence-corrected chi connectivity index (χ2v) is 10.3. The van der Waals surface area contributed by atoms with Crippen molar-refractivity contribution in [3.63, 3.8) is 0 Å². The number of rotatable bonds is 2. The van der Waals surface area contributed by atoms with Gasteiger partial charge in [-0.25, -0.2) is 0 Å². The number of aromatic nitrogens is 2. The molecule has 0 fully saturated rings. The van der Waals surface area contributed by atoms with Crippen LogP contribution in [0.1, 0.15) is 0 Å². The van der Waals surface area contributed by atoms with Crippen molar-refractivity contribution < 1.29 is 0 Å². The largest absolute Gasteiger partial charge is 0.309 e. The fraction of sp³-hybridized carbons (Fsp3) is 0. The minimum atomic E-state index is 1.02. The summed E-state index contributed by atoms with van der Waals surface area (Å²) in [6.07, 6.45) is 1.98. The van der Waals surface area contributed by atoms with Crippen LogP contribution in [0, 0.1) is 0 Å². The molecule has 0 saturated carbocycles. The summed E-state index contributed by atoms with van der Waals surface area (Å²) in [5.41, 5.74) is 6.94. The molecule has 168 valence electrons. The first kappa shape index (κ1) is 19.8. The SMILES string of the molecule is c1cc(-c2cnc3ccccc3c2)cc(-n2c3ccccc3c3c4sc5ccccc5c4ccc32)c1. The smallest absolute Gasteiger partial charge is 0.0702 e. The molecule has 0 aliphatic heterocycles. The molecule has 3 heteroatoms. The van der Waals surface area contributed by atoms with Crippen molar-refractivity contribution >= 4 is 64.2 Å². The van der Waals surface area contributed by atoms with Gasteiger partial charge in [-0.15, -0.1) is 11.3 Å². The van der Waals surface area contributed by atoms with Gasteiger partial charge in [0.25, 0.3) is 0 Å². The Labute approximate surface area is 211 Å². The molecule has 3 heterocycles. The first-order valence-electron chi connectivity index (χ1n) is 12.1. The van der Waals surface area contributed by atoms with E-state index in [-0.39, 0.29) is 0 Å². The molecule has 0 atom stereocenters. The van der Waals surface area contributed by atoms with Crippen molar-refractivity contribution in [3.8, 4) is 16.8 Å².